The fourth-order valence-corrected chi connectivity index (χ4v) is 2.16. The summed E-state index contributed by atoms with van der Waals surface area (Å²) in [5.74, 6) is 0. The van der Waals surface area contributed by atoms with E-state index in [1.165, 1.54) is 0 Å². The number of amides is 1. The van der Waals surface area contributed by atoms with Gasteiger partial charge in [-0.2, -0.15) is 0 Å². The Kier molecular flexibility index (Phi) is 4.22. The highest BCUT2D eigenvalue weighted by atomic mass is 16.6. The summed E-state index contributed by atoms with van der Waals surface area (Å²) in [5.41, 5.74) is 0.524. The van der Waals surface area contributed by atoms with Gasteiger partial charge in [-0.05, 0) is 41.0 Å². The van der Waals surface area contributed by atoms with Crippen molar-refractivity contribution < 1.29 is 18.9 Å². The van der Waals surface area contributed by atoms with Crippen LogP contribution in [0.15, 0.2) is 4.63 Å². The van der Waals surface area contributed by atoms with Gasteiger partial charge in [-0.1, -0.05) is 10.3 Å². The second kappa shape index (κ2) is 5.63. The molecule has 2 heterocycles. The average molecular weight is 297 g/mol. The molecule has 0 N–H and O–H groups in total. The molecule has 118 valence electrons. The zero-order chi connectivity index (χ0) is 15.7. The van der Waals surface area contributed by atoms with Crippen molar-refractivity contribution in [1.29, 1.82) is 0 Å². The van der Waals surface area contributed by atoms with Gasteiger partial charge in [0, 0.05) is 6.54 Å². The molecule has 1 saturated heterocycles. The number of rotatable bonds is 3. The molecule has 1 amide bonds. The zero-order valence-electron chi connectivity index (χ0n) is 13.3. The van der Waals surface area contributed by atoms with Crippen molar-refractivity contribution in [2.45, 2.75) is 58.8 Å². The number of ether oxygens (including phenoxy) is 2. The molecule has 0 radical (unpaired) electrons. The van der Waals surface area contributed by atoms with Crippen LogP contribution < -0.4 is 0 Å². The summed E-state index contributed by atoms with van der Waals surface area (Å²) in [7, 11) is 0. The van der Waals surface area contributed by atoms with Crippen LogP contribution in [0.25, 0.3) is 0 Å². The number of carbonyl (C=O) groups is 1. The standard InChI is InChI=1S/C14H23N3O4/c1-10-11(16-21-15-10)8-19-14(5)6-7-17(9-14)12(18)20-13(2,3)4/h6-9H2,1-5H3. The molecule has 0 aliphatic carbocycles. The first-order valence-electron chi connectivity index (χ1n) is 7.08. The Morgan fingerprint density at radius 2 is 2.14 bits per heavy atom. The number of hydrogen-bond donors (Lipinski definition) is 0. The maximum Gasteiger partial charge on any atom is 0.410 e. The van der Waals surface area contributed by atoms with E-state index >= 15 is 0 Å². The summed E-state index contributed by atoms with van der Waals surface area (Å²) >= 11 is 0. The molecule has 0 spiro atoms. The number of hydrogen-bond acceptors (Lipinski definition) is 6. The van der Waals surface area contributed by atoms with Crippen molar-refractivity contribution in [1.82, 2.24) is 15.2 Å². The molecule has 21 heavy (non-hydrogen) atoms. The number of nitrogens with zero attached hydrogens (tertiary/aromatic N) is 3. The third-order valence-corrected chi connectivity index (χ3v) is 3.39. The van der Waals surface area contributed by atoms with Crippen LogP contribution in [0.4, 0.5) is 4.79 Å². The molecule has 2 rings (SSSR count). The summed E-state index contributed by atoms with van der Waals surface area (Å²) in [6.07, 6.45) is 0.463. The van der Waals surface area contributed by atoms with Crippen LogP contribution in [-0.2, 0) is 16.1 Å². The molecule has 1 aromatic heterocycles. The van der Waals surface area contributed by atoms with Gasteiger partial charge in [0.1, 0.15) is 17.0 Å². The van der Waals surface area contributed by atoms with Crippen molar-refractivity contribution in [3.63, 3.8) is 0 Å². The highest BCUT2D eigenvalue weighted by Gasteiger charge is 2.38. The highest BCUT2D eigenvalue weighted by molar-refractivity contribution is 5.68. The molecule has 0 bridgehead atoms. The van der Waals surface area contributed by atoms with Crippen molar-refractivity contribution in [2.24, 2.45) is 0 Å². The molecule has 0 aromatic carbocycles. The summed E-state index contributed by atoms with van der Waals surface area (Å²) in [6.45, 7) is 10.8. The normalized spacial score (nSPS) is 22.6. The number of aromatic nitrogens is 2. The Bertz CT molecular complexity index is 509. The molecule has 0 saturated carbocycles. The van der Waals surface area contributed by atoms with Crippen molar-refractivity contribution in [3.8, 4) is 0 Å². The first-order valence-corrected chi connectivity index (χ1v) is 7.08. The largest absolute Gasteiger partial charge is 0.444 e. The van der Waals surface area contributed by atoms with Gasteiger partial charge in [0.05, 0.1) is 18.8 Å². The zero-order valence-corrected chi connectivity index (χ0v) is 13.3. The Hall–Kier alpha value is -1.63. The predicted octanol–water partition coefficient (Wildman–Crippen LogP) is 2.29. The van der Waals surface area contributed by atoms with Gasteiger partial charge in [0.25, 0.3) is 0 Å². The lowest BCUT2D eigenvalue weighted by molar-refractivity contribution is -0.0395. The third-order valence-electron chi connectivity index (χ3n) is 3.39. The van der Waals surface area contributed by atoms with E-state index in [1.807, 2.05) is 34.6 Å². The third kappa shape index (κ3) is 4.17. The lowest BCUT2D eigenvalue weighted by Crippen LogP contribution is -2.39. The van der Waals surface area contributed by atoms with Crippen LogP contribution in [0.3, 0.4) is 0 Å². The lowest BCUT2D eigenvalue weighted by Gasteiger charge is -2.27. The fourth-order valence-electron chi connectivity index (χ4n) is 2.16. The number of likely N-dealkylation sites (tertiary alicyclic amines) is 1. The minimum Gasteiger partial charge on any atom is -0.444 e. The minimum atomic E-state index is -0.486. The van der Waals surface area contributed by atoms with Crippen LogP contribution in [0.1, 0.15) is 45.5 Å². The molecule has 7 heteroatoms. The van der Waals surface area contributed by atoms with E-state index < -0.39 is 11.2 Å². The van der Waals surface area contributed by atoms with Crippen LogP contribution >= 0.6 is 0 Å². The highest BCUT2D eigenvalue weighted by Crippen LogP contribution is 2.27. The average Bonchev–Trinajstić information content (AvgIpc) is 2.92. The summed E-state index contributed by atoms with van der Waals surface area (Å²) in [6, 6.07) is 0. The predicted molar refractivity (Wildman–Crippen MR) is 74.7 cm³/mol. The van der Waals surface area contributed by atoms with Crippen LogP contribution in [0, 0.1) is 6.92 Å². The van der Waals surface area contributed by atoms with Crippen LogP contribution in [0.2, 0.25) is 0 Å². The molecule has 1 atom stereocenters. The molecular weight excluding hydrogens is 274 g/mol. The topological polar surface area (TPSA) is 77.7 Å². The SMILES string of the molecule is Cc1nonc1COC1(C)CCN(C(=O)OC(C)(C)C)C1. The smallest absolute Gasteiger partial charge is 0.410 e. The van der Waals surface area contributed by atoms with Gasteiger partial charge < -0.3 is 14.4 Å². The van der Waals surface area contributed by atoms with Crippen molar-refractivity contribution >= 4 is 6.09 Å². The van der Waals surface area contributed by atoms with Gasteiger partial charge in [-0.3, -0.25) is 0 Å². The van der Waals surface area contributed by atoms with Gasteiger partial charge in [0.2, 0.25) is 0 Å². The molecule has 1 unspecified atom stereocenters. The first-order chi connectivity index (χ1) is 9.69. The van der Waals surface area contributed by atoms with Gasteiger partial charge >= 0.3 is 6.09 Å². The van der Waals surface area contributed by atoms with Crippen LogP contribution in [0.5, 0.6) is 0 Å². The van der Waals surface area contributed by atoms with Gasteiger partial charge in [-0.15, -0.1) is 0 Å². The molecule has 1 aliphatic rings. The Balaban J connectivity index is 1.88. The quantitative estimate of drug-likeness (QED) is 0.852. The molecular formula is C14H23N3O4. The number of carbonyl (C=O) groups excluding carboxylic acids is 1. The molecule has 1 aliphatic heterocycles. The Labute approximate surface area is 124 Å². The van der Waals surface area contributed by atoms with E-state index in [0.717, 1.165) is 12.1 Å². The van der Waals surface area contributed by atoms with E-state index in [4.69, 9.17) is 9.47 Å². The summed E-state index contributed by atoms with van der Waals surface area (Å²) < 4.78 is 15.9. The maximum absolute atomic E-state index is 12.0. The van der Waals surface area contributed by atoms with E-state index in [1.54, 1.807) is 4.90 Å². The number of aryl methyl sites for hydroxylation is 1. The molecule has 1 aromatic rings. The molecule has 1 fully saturated rings. The van der Waals surface area contributed by atoms with Crippen molar-refractivity contribution in [2.75, 3.05) is 13.1 Å². The van der Waals surface area contributed by atoms with E-state index in [0.29, 0.717) is 25.4 Å². The van der Waals surface area contributed by atoms with Gasteiger partial charge in [0.15, 0.2) is 0 Å². The maximum atomic E-state index is 12.0. The molecule has 7 nitrogen and oxygen atoms in total. The fraction of sp³-hybridized carbons (Fsp3) is 0.786. The monoisotopic (exact) mass is 297 g/mol. The summed E-state index contributed by atoms with van der Waals surface area (Å²) in [5, 5.41) is 7.51. The Morgan fingerprint density at radius 1 is 1.43 bits per heavy atom. The van der Waals surface area contributed by atoms with Crippen LogP contribution in [-0.4, -0.2) is 45.6 Å². The lowest BCUT2D eigenvalue weighted by atomic mass is 10.1. The second-order valence-electron chi connectivity index (χ2n) is 6.69. The van der Waals surface area contributed by atoms with E-state index in [9.17, 15) is 4.79 Å². The van der Waals surface area contributed by atoms with E-state index in [2.05, 4.69) is 14.9 Å². The Morgan fingerprint density at radius 3 is 2.71 bits per heavy atom. The summed E-state index contributed by atoms with van der Waals surface area (Å²) in [4.78, 5) is 13.7. The minimum absolute atomic E-state index is 0.297. The van der Waals surface area contributed by atoms with Gasteiger partial charge in [-0.25, -0.2) is 9.42 Å². The first kappa shape index (κ1) is 15.8. The van der Waals surface area contributed by atoms with E-state index in [-0.39, 0.29) is 6.09 Å². The van der Waals surface area contributed by atoms with Crippen molar-refractivity contribution in [3.05, 3.63) is 11.4 Å². The second-order valence-corrected chi connectivity index (χ2v) is 6.69.